The number of nitrogens with zero attached hydrogens (tertiary/aromatic N) is 2. The molecule has 0 spiro atoms. The van der Waals surface area contributed by atoms with Crippen LogP contribution < -0.4 is 16.2 Å². The van der Waals surface area contributed by atoms with Gasteiger partial charge >= 0.3 is 11.6 Å². The standard InChI is InChI=1S/C16H15FN4O4/c1-16(2)14-19-10(11(22)13(24)21(14)15(25)20-16)12(23)18-7-8-3-5-9(17)6-4-8/h3-6,22H,7H2,1-2H3,(H,18,23)(H,20,25). The van der Waals surface area contributed by atoms with Crippen molar-refractivity contribution in [2.24, 2.45) is 0 Å². The van der Waals surface area contributed by atoms with E-state index in [1.54, 1.807) is 13.8 Å². The number of carbonyl (C=O) groups is 2. The Morgan fingerprint density at radius 1 is 1.32 bits per heavy atom. The van der Waals surface area contributed by atoms with Crippen molar-refractivity contribution in [2.45, 2.75) is 25.9 Å². The minimum absolute atomic E-state index is 0.0345. The van der Waals surface area contributed by atoms with Crippen LogP contribution in [0.2, 0.25) is 0 Å². The fourth-order valence-electron chi connectivity index (χ4n) is 2.53. The zero-order valence-corrected chi connectivity index (χ0v) is 13.5. The first-order chi connectivity index (χ1) is 11.7. The van der Waals surface area contributed by atoms with Crippen LogP contribution in [0.25, 0.3) is 0 Å². The molecule has 9 heteroatoms. The predicted molar refractivity (Wildman–Crippen MR) is 84.7 cm³/mol. The summed E-state index contributed by atoms with van der Waals surface area (Å²) < 4.78 is 13.6. The fourth-order valence-corrected chi connectivity index (χ4v) is 2.53. The third-order valence-electron chi connectivity index (χ3n) is 3.82. The van der Waals surface area contributed by atoms with Gasteiger partial charge in [-0.05, 0) is 31.5 Å². The second kappa shape index (κ2) is 5.69. The molecule has 0 saturated carbocycles. The van der Waals surface area contributed by atoms with Crippen molar-refractivity contribution in [2.75, 3.05) is 0 Å². The normalized spacial score (nSPS) is 14.8. The van der Waals surface area contributed by atoms with Gasteiger partial charge in [0, 0.05) is 6.54 Å². The van der Waals surface area contributed by atoms with Gasteiger partial charge in [0.2, 0.25) is 5.75 Å². The summed E-state index contributed by atoms with van der Waals surface area (Å²) in [6.45, 7) is 3.29. The molecule has 2 amide bonds. The van der Waals surface area contributed by atoms with Crippen molar-refractivity contribution in [1.82, 2.24) is 20.2 Å². The average Bonchev–Trinajstić information content (AvgIpc) is 2.78. The minimum atomic E-state index is -1.01. The van der Waals surface area contributed by atoms with E-state index in [1.807, 2.05) is 0 Å². The number of halogens is 1. The number of fused-ring (bicyclic) bond motifs is 1. The number of benzene rings is 1. The van der Waals surface area contributed by atoms with E-state index in [0.29, 0.717) is 10.1 Å². The smallest absolute Gasteiger partial charge is 0.330 e. The van der Waals surface area contributed by atoms with Crippen LogP contribution in [-0.2, 0) is 12.1 Å². The van der Waals surface area contributed by atoms with Crippen LogP contribution >= 0.6 is 0 Å². The van der Waals surface area contributed by atoms with Crippen LogP contribution in [0.5, 0.6) is 5.75 Å². The molecule has 1 aromatic carbocycles. The molecule has 0 bridgehead atoms. The molecule has 0 radical (unpaired) electrons. The van der Waals surface area contributed by atoms with Gasteiger partial charge in [-0.25, -0.2) is 18.7 Å². The molecule has 25 heavy (non-hydrogen) atoms. The van der Waals surface area contributed by atoms with Crippen molar-refractivity contribution < 1.29 is 19.1 Å². The summed E-state index contributed by atoms with van der Waals surface area (Å²) in [6, 6.07) is 4.77. The summed E-state index contributed by atoms with van der Waals surface area (Å²) in [6.07, 6.45) is 0. The van der Waals surface area contributed by atoms with Crippen LogP contribution in [0, 0.1) is 5.82 Å². The molecule has 0 aliphatic carbocycles. The Bertz CT molecular complexity index is 934. The Kier molecular flexibility index (Phi) is 3.78. The van der Waals surface area contributed by atoms with Crippen molar-refractivity contribution >= 4 is 11.9 Å². The molecule has 1 aromatic heterocycles. The molecule has 0 saturated heterocycles. The Morgan fingerprint density at radius 3 is 2.60 bits per heavy atom. The molecular weight excluding hydrogens is 331 g/mol. The third-order valence-corrected chi connectivity index (χ3v) is 3.82. The number of aromatic nitrogens is 2. The highest BCUT2D eigenvalue weighted by Crippen LogP contribution is 2.24. The molecule has 1 aliphatic heterocycles. The highest BCUT2D eigenvalue weighted by molar-refractivity contribution is 5.95. The largest absolute Gasteiger partial charge is 0.501 e. The molecule has 130 valence electrons. The van der Waals surface area contributed by atoms with Crippen LogP contribution in [0.4, 0.5) is 9.18 Å². The Labute approximate surface area is 141 Å². The second-order valence-electron chi connectivity index (χ2n) is 6.14. The molecule has 2 heterocycles. The first-order valence-electron chi connectivity index (χ1n) is 7.42. The summed E-state index contributed by atoms with van der Waals surface area (Å²) in [7, 11) is 0. The summed E-state index contributed by atoms with van der Waals surface area (Å²) >= 11 is 0. The molecule has 8 nitrogen and oxygen atoms in total. The highest BCUT2D eigenvalue weighted by Gasteiger charge is 2.40. The summed E-state index contributed by atoms with van der Waals surface area (Å²) in [4.78, 5) is 40.3. The van der Waals surface area contributed by atoms with Crippen molar-refractivity contribution in [1.29, 1.82) is 0 Å². The molecular formula is C16H15FN4O4. The van der Waals surface area contributed by atoms with Gasteiger partial charge in [-0.15, -0.1) is 0 Å². The zero-order chi connectivity index (χ0) is 18.4. The molecule has 3 N–H and O–H groups in total. The van der Waals surface area contributed by atoms with Crippen LogP contribution in [0.1, 0.15) is 35.7 Å². The molecule has 3 rings (SSSR count). The maximum absolute atomic E-state index is 12.9. The monoisotopic (exact) mass is 346 g/mol. The quantitative estimate of drug-likeness (QED) is 0.762. The lowest BCUT2D eigenvalue weighted by atomic mass is 10.1. The van der Waals surface area contributed by atoms with Crippen LogP contribution in [-0.4, -0.2) is 26.6 Å². The van der Waals surface area contributed by atoms with Crippen molar-refractivity contribution in [3.8, 4) is 5.75 Å². The number of carbonyl (C=O) groups excluding carboxylic acids is 2. The average molecular weight is 346 g/mol. The molecule has 0 fully saturated rings. The lowest BCUT2D eigenvalue weighted by Gasteiger charge is -2.16. The Hall–Kier alpha value is -3.23. The van der Waals surface area contributed by atoms with E-state index < -0.39 is 40.3 Å². The highest BCUT2D eigenvalue weighted by atomic mass is 19.1. The summed E-state index contributed by atoms with van der Waals surface area (Å²) in [5.41, 5.74) is -1.82. The number of nitrogens with one attached hydrogen (secondary N) is 2. The van der Waals surface area contributed by atoms with E-state index in [1.165, 1.54) is 24.3 Å². The van der Waals surface area contributed by atoms with E-state index in [0.717, 1.165) is 0 Å². The number of hydrogen-bond donors (Lipinski definition) is 3. The minimum Gasteiger partial charge on any atom is -0.501 e. The maximum atomic E-state index is 12.9. The van der Waals surface area contributed by atoms with Gasteiger partial charge in [0.15, 0.2) is 5.69 Å². The summed E-state index contributed by atoms with van der Waals surface area (Å²) in [5, 5.41) is 15.0. The molecule has 1 aliphatic rings. The van der Waals surface area contributed by atoms with Gasteiger partial charge in [-0.2, -0.15) is 0 Å². The topological polar surface area (TPSA) is 113 Å². The SMILES string of the molecule is CC1(C)NC(=O)n2c1nc(C(=O)NCc1ccc(F)cc1)c(O)c2=O. The zero-order valence-electron chi connectivity index (χ0n) is 13.5. The number of rotatable bonds is 3. The lowest BCUT2D eigenvalue weighted by molar-refractivity contribution is 0.0941. The molecule has 0 atom stereocenters. The second-order valence-corrected chi connectivity index (χ2v) is 6.14. The van der Waals surface area contributed by atoms with E-state index >= 15 is 0 Å². The van der Waals surface area contributed by atoms with Gasteiger partial charge in [-0.1, -0.05) is 12.1 Å². The summed E-state index contributed by atoms with van der Waals surface area (Å²) in [5.74, 6) is -2.06. The van der Waals surface area contributed by atoms with Crippen molar-refractivity contribution in [3.05, 3.63) is 57.5 Å². The Morgan fingerprint density at radius 2 is 1.96 bits per heavy atom. The lowest BCUT2D eigenvalue weighted by Crippen LogP contribution is -2.33. The number of aromatic hydroxyl groups is 1. The Balaban J connectivity index is 1.91. The van der Waals surface area contributed by atoms with Crippen LogP contribution in [0.3, 0.4) is 0 Å². The number of amides is 2. The number of hydrogen-bond acceptors (Lipinski definition) is 5. The van der Waals surface area contributed by atoms with Gasteiger partial charge in [-0.3, -0.25) is 9.59 Å². The van der Waals surface area contributed by atoms with Gasteiger partial charge in [0.25, 0.3) is 5.91 Å². The van der Waals surface area contributed by atoms with E-state index in [4.69, 9.17) is 0 Å². The van der Waals surface area contributed by atoms with E-state index in [9.17, 15) is 23.9 Å². The van der Waals surface area contributed by atoms with E-state index in [-0.39, 0.29) is 12.4 Å². The molecule has 2 aromatic rings. The first-order valence-corrected chi connectivity index (χ1v) is 7.42. The maximum Gasteiger partial charge on any atom is 0.330 e. The van der Waals surface area contributed by atoms with E-state index in [2.05, 4.69) is 15.6 Å². The fraction of sp³-hybridized carbons (Fsp3) is 0.250. The van der Waals surface area contributed by atoms with Crippen LogP contribution in [0.15, 0.2) is 29.1 Å². The van der Waals surface area contributed by atoms with Crippen molar-refractivity contribution in [3.63, 3.8) is 0 Å². The van der Waals surface area contributed by atoms with Gasteiger partial charge in [0.05, 0.1) is 5.54 Å². The first kappa shape index (κ1) is 16.6. The predicted octanol–water partition coefficient (Wildman–Crippen LogP) is 0.824. The van der Waals surface area contributed by atoms with Gasteiger partial charge in [0.1, 0.15) is 11.6 Å². The molecule has 0 unspecified atom stereocenters. The third kappa shape index (κ3) is 2.84. The van der Waals surface area contributed by atoms with Gasteiger partial charge < -0.3 is 15.7 Å².